The monoisotopic (exact) mass is 250 g/mol. The normalized spacial score (nSPS) is 11.9. The van der Waals surface area contributed by atoms with Gasteiger partial charge in [-0.25, -0.2) is 0 Å². The minimum Gasteiger partial charge on any atom is -0.481 e. The van der Waals surface area contributed by atoms with Crippen molar-refractivity contribution in [1.82, 2.24) is 10.3 Å². The molecule has 0 saturated heterocycles. The van der Waals surface area contributed by atoms with Gasteiger partial charge < -0.3 is 10.4 Å². The van der Waals surface area contributed by atoms with Gasteiger partial charge >= 0.3 is 5.97 Å². The fraction of sp³-hybridized carbons (Fsp3) is 0.462. The predicted molar refractivity (Wildman–Crippen MR) is 67.2 cm³/mol. The first kappa shape index (κ1) is 14.2. The Morgan fingerprint density at radius 2 is 2.17 bits per heavy atom. The molecule has 1 aromatic heterocycles. The lowest BCUT2D eigenvalue weighted by molar-refractivity contribution is -0.137. The maximum absolute atomic E-state index is 11.7. The van der Waals surface area contributed by atoms with Crippen molar-refractivity contribution in [3.8, 4) is 0 Å². The Kier molecular flexibility index (Phi) is 5.30. The van der Waals surface area contributed by atoms with Crippen LogP contribution in [-0.4, -0.2) is 28.0 Å². The molecule has 2 N–H and O–H groups in total. The standard InChI is InChI=1S/C13H18N2O3/c1-9-3-5-11(8-14-9)7-12(16)15-10(2)4-6-13(17)18/h3,5,8,10H,4,6-7H2,1-2H3,(H,15,16)(H,17,18). The van der Waals surface area contributed by atoms with Crippen LogP contribution in [0.5, 0.6) is 0 Å². The molecule has 1 unspecified atom stereocenters. The van der Waals surface area contributed by atoms with Crippen molar-refractivity contribution in [3.05, 3.63) is 29.6 Å². The van der Waals surface area contributed by atoms with E-state index in [4.69, 9.17) is 5.11 Å². The van der Waals surface area contributed by atoms with Crippen LogP contribution in [0.1, 0.15) is 31.0 Å². The third-order valence-electron chi connectivity index (χ3n) is 2.54. The van der Waals surface area contributed by atoms with Crippen molar-refractivity contribution in [3.63, 3.8) is 0 Å². The molecule has 0 radical (unpaired) electrons. The molecule has 0 aliphatic heterocycles. The second kappa shape index (κ2) is 6.74. The first-order chi connectivity index (χ1) is 8.47. The molecule has 5 nitrogen and oxygen atoms in total. The van der Waals surface area contributed by atoms with Crippen molar-refractivity contribution in [2.24, 2.45) is 0 Å². The van der Waals surface area contributed by atoms with Gasteiger partial charge in [-0.05, 0) is 31.9 Å². The van der Waals surface area contributed by atoms with Crippen LogP contribution in [0.3, 0.4) is 0 Å². The number of carbonyl (C=O) groups excluding carboxylic acids is 1. The lowest BCUT2D eigenvalue weighted by Gasteiger charge is -2.12. The molecule has 0 fully saturated rings. The topological polar surface area (TPSA) is 79.3 Å². The summed E-state index contributed by atoms with van der Waals surface area (Å²) in [5.74, 6) is -0.961. The van der Waals surface area contributed by atoms with Crippen LogP contribution in [-0.2, 0) is 16.0 Å². The van der Waals surface area contributed by atoms with Gasteiger partial charge in [-0.1, -0.05) is 6.07 Å². The van der Waals surface area contributed by atoms with Gasteiger partial charge in [0, 0.05) is 24.4 Å². The quantitative estimate of drug-likeness (QED) is 0.797. The largest absolute Gasteiger partial charge is 0.481 e. The molecular weight excluding hydrogens is 232 g/mol. The minimum absolute atomic E-state index is 0.0630. The first-order valence-electron chi connectivity index (χ1n) is 5.90. The van der Waals surface area contributed by atoms with E-state index in [1.807, 2.05) is 19.1 Å². The number of aliphatic carboxylic acids is 1. The summed E-state index contributed by atoms with van der Waals surface area (Å²) < 4.78 is 0. The van der Waals surface area contributed by atoms with Crippen molar-refractivity contribution in [1.29, 1.82) is 0 Å². The van der Waals surface area contributed by atoms with Crippen LogP contribution in [0.4, 0.5) is 0 Å². The number of aryl methyl sites for hydroxylation is 1. The second-order valence-electron chi connectivity index (χ2n) is 4.39. The summed E-state index contributed by atoms with van der Waals surface area (Å²) in [5.41, 5.74) is 1.76. The van der Waals surface area contributed by atoms with E-state index in [-0.39, 0.29) is 24.8 Å². The fourth-order valence-corrected chi connectivity index (χ4v) is 1.53. The van der Waals surface area contributed by atoms with E-state index < -0.39 is 5.97 Å². The summed E-state index contributed by atoms with van der Waals surface area (Å²) in [6, 6.07) is 3.59. The number of amides is 1. The molecule has 0 aromatic carbocycles. The Bertz CT molecular complexity index is 415. The third-order valence-corrected chi connectivity index (χ3v) is 2.54. The molecule has 1 aromatic rings. The van der Waals surface area contributed by atoms with Gasteiger partial charge in [-0.15, -0.1) is 0 Å². The highest BCUT2D eigenvalue weighted by molar-refractivity contribution is 5.78. The maximum Gasteiger partial charge on any atom is 0.303 e. The number of hydrogen-bond donors (Lipinski definition) is 2. The number of nitrogens with zero attached hydrogens (tertiary/aromatic N) is 1. The van der Waals surface area contributed by atoms with Crippen molar-refractivity contribution >= 4 is 11.9 Å². The molecule has 0 aliphatic rings. The molecule has 1 heterocycles. The zero-order chi connectivity index (χ0) is 13.5. The number of rotatable bonds is 6. The fourth-order valence-electron chi connectivity index (χ4n) is 1.53. The van der Waals surface area contributed by atoms with Gasteiger partial charge in [0.05, 0.1) is 6.42 Å². The lowest BCUT2D eigenvalue weighted by atomic mass is 10.1. The predicted octanol–water partition coefficient (Wildman–Crippen LogP) is 1.30. The Balaban J connectivity index is 2.37. The summed E-state index contributed by atoms with van der Waals surface area (Å²) in [6.07, 6.45) is 2.45. The molecule has 98 valence electrons. The summed E-state index contributed by atoms with van der Waals surface area (Å²) >= 11 is 0. The van der Waals surface area contributed by atoms with Crippen LogP contribution in [0, 0.1) is 6.92 Å². The minimum atomic E-state index is -0.848. The van der Waals surface area contributed by atoms with E-state index >= 15 is 0 Å². The van der Waals surface area contributed by atoms with E-state index in [9.17, 15) is 9.59 Å². The molecule has 1 rings (SSSR count). The van der Waals surface area contributed by atoms with Gasteiger partial charge in [-0.2, -0.15) is 0 Å². The third kappa shape index (κ3) is 5.43. The van der Waals surface area contributed by atoms with Gasteiger partial charge in [-0.3, -0.25) is 14.6 Å². The van der Waals surface area contributed by atoms with Crippen LogP contribution >= 0.6 is 0 Å². The Morgan fingerprint density at radius 1 is 1.44 bits per heavy atom. The molecule has 1 atom stereocenters. The second-order valence-corrected chi connectivity index (χ2v) is 4.39. The van der Waals surface area contributed by atoms with E-state index in [1.165, 1.54) is 0 Å². The Morgan fingerprint density at radius 3 is 2.72 bits per heavy atom. The molecule has 0 spiro atoms. The van der Waals surface area contributed by atoms with Crippen molar-refractivity contribution in [2.75, 3.05) is 0 Å². The number of carboxylic acids is 1. The average molecular weight is 250 g/mol. The number of carboxylic acid groups (broad SMARTS) is 1. The van der Waals surface area contributed by atoms with Crippen molar-refractivity contribution < 1.29 is 14.7 Å². The number of hydrogen-bond acceptors (Lipinski definition) is 3. The highest BCUT2D eigenvalue weighted by Crippen LogP contribution is 2.02. The first-order valence-corrected chi connectivity index (χ1v) is 5.90. The van der Waals surface area contributed by atoms with Crippen LogP contribution < -0.4 is 5.32 Å². The summed E-state index contributed by atoms with van der Waals surface area (Å²) in [4.78, 5) is 26.2. The van der Waals surface area contributed by atoms with Gasteiger partial charge in [0.25, 0.3) is 0 Å². The van der Waals surface area contributed by atoms with E-state index in [1.54, 1.807) is 13.1 Å². The molecule has 5 heteroatoms. The van der Waals surface area contributed by atoms with Crippen molar-refractivity contribution in [2.45, 2.75) is 39.2 Å². The number of carbonyl (C=O) groups is 2. The molecule has 0 bridgehead atoms. The number of nitrogens with one attached hydrogen (secondary N) is 1. The molecule has 0 saturated carbocycles. The SMILES string of the molecule is Cc1ccc(CC(=O)NC(C)CCC(=O)O)cn1. The van der Waals surface area contributed by atoms with E-state index in [2.05, 4.69) is 10.3 Å². The van der Waals surface area contributed by atoms with Crippen LogP contribution in [0.2, 0.25) is 0 Å². The lowest BCUT2D eigenvalue weighted by Crippen LogP contribution is -2.34. The van der Waals surface area contributed by atoms with Gasteiger partial charge in [0.2, 0.25) is 5.91 Å². The number of aromatic nitrogens is 1. The Hall–Kier alpha value is -1.91. The zero-order valence-electron chi connectivity index (χ0n) is 10.6. The van der Waals surface area contributed by atoms with E-state index in [0.717, 1.165) is 11.3 Å². The highest BCUT2D eigenvalue weighted by Gasteiger charge is 2.09. The average Bonchev–Trinajstić information content (AvgIpc) is 2.29. The summed E-state index contributed by atoms with van der Waals surface area (Å²) in [7, 11) is 0. The Labute approximate surface area is 106 Å². The maximum atomic E-state index is 11.7. The van der Waals surface area contributed by atoms with Crippen LogP contribution in [0.15, 0.2) is 18.3 Å². The van der Waals surface area contributed by atoms with Gasteiger partial charge in [0.1, 0.15) is 0 Å². The molecule has 0 aliphatic carbocycles. The number of pyridine rings is 1. The van der Waals surface area contributed by atoms with Gasteiger partial charge in [0.15, 0.2) is 0 Å². The molecule has 1 amide bonds. The molecular formula is C13H18N2O3. The van der Waals surface area contributed by atoms with E-state index in [0.29, 0.717) is 6.42 Å². The smallest absolute Gasteiger partial charge is 0.303 e. The summed E-state index contributed by atoms with van der Waals surface area (Å²) in [6.45, 7) is 3.69. The summed E-state index contributed by atoms with van der Waals surface area (Å²) in [5, 5.41) is 11.3. The van der Waals surface area contributed by atoms with Crippen LogP contribution in [0.25, 0.3) is 0 Å². The zero-order valence-corrected chi connectivity index (χ0v) is 10.6. The highest BCUT2D eigenvalue weighted by atomic mass is 16.4. The molecule has 18 heavy (non-hydrogen) atoms.